The van der Waals surface area contributed by atoms with Crippen molar-refractivity contribution < 1.29 is 4.42 Å². The first-order chi connectivity index (χ1) is 11.3. The molecule has 0 fully saturated rings. The molecule has 0 saturated heterocycles. The third-order valence-electron chi connectivity index (χ3n) is 3.59. The van der Waals surface area contributed by atoms with Gasteiger partial charge in [-0.3, -0.25) is 0 Å². The maximum absolute atomic E-state index is 5.56. The van der Waals surface area contributed by atoms with Gasteiger partial charge in [0.1, 0.15) is 17.3 Å². The Morgan fingerprint density at radius 1 is 1.09 bits per heavy atom. The van der Waals surface area contributed by atoms with Crippen molar-refractivity contribution in [3.8, 4) is 0 Å². The van der Waals surface area contributed by atoms with Gasteiger partial charge in [0.25, 0.3) is 0 Å². The standard InChI is InChI=1S/C18H21N3OS/c1-13-6-7-14(22-13)12-20-18-9-8-15-16(19-10-11-23-2)4-3-5-17(15)21-18/h3-9,19H,10-12H2,1-2H3,(H,20,21). The first-order valence-corrected chi connectivity index (χ1v) is 9.07. The van der Waals surface area contributed by atoms with Crippen molar-refractivity contribution in [1.29, 1.82) is 0 Å². The normalized spacial score (nSPS) is 10.9. The molecule has 0 aliphatic heterocycles. The highest BCUT2D eigenvalue weighted by Crippen LogP contribution is 2.24. The SMILES string of the molecule is CSCCNc1cccc2nc(NCc3ccc(C)o3)ccc12. The third-order valence-corrected chi connectivity index (χ3v) is 4.21. The van der Waals surface area contributed by atoms with Crippen LogP contribution in [0.5, 0.6) is 0 Å². The Kier molecular flexibility index (Phi) is 5.08. The van der Waals surface area contributed by atoms with E-state index in [9.17, 15) is 0 Å². The highest BCUT2D eigenvalue weighted by Gasteiger charge is 2.04. The lowest BCUT2D eigenvalue weighted by Gasteiger charge is -2.10. The predicted octanol–water partition coefficient (Wildman–Crippen LogP) is 4.52. The number of rotatable bonds is 7. The van der Waals surface area contributed by atoms with E-state index in [2.05, 4.69) is 34.0 Å². The average molecular weight is 327 g/mol. The van der Waals surface area contributed by atoms with Gasteiger partial charge in [0.15, 0.2) is 0 Å². The lowest BCUT2D eigenvalue weighted by molar-refractivity contribution is 0.490. The van der Waals surface area contributed by atoms with Crippen LogP contribution in [0.2, 0.25) is 0 Å². The molecule has 0 saturated carbocycles. The molecule has 3 rings (SSSR count). The van der Waals surface area contributed by atoms with Crippen LogP contribution in [0.1, 0.15) is 11.5 Å². The molecule has 2 aromatic heterocycles. The van der Waals surface area contributed by atoms with Crippen LogP contribution in [0.4, 0.5) is 11.5 Å². The number of aromatic nitrogens is 1. The maximum Gasteiger partial charge on any atom is 0.127 e. The molecule has 4 nitrogen and oxygen atoms in total. The lowest BCUT2D eigenvalue weighted by atomic mass is 10.2. The van der Waals surface area contributed by atoms with Crippen molar-refractivity contribution in [1.82, 2.24) is 4.98 Å². The van der Waals surface area contributed by atoms with Crippen molar-refractivity contribution in [2.24, 2.45) is 0 Å². The Morgan fingerprint density at radius 3 is 2.78 bits per heavy atom. The van der Waals surface area contributed by atoms with E-state index in [0.717, 1.165) is 46.2 Å². The van der Waals surface area contributed by atoms with Gasteiger partial charge in [-0.2, -0.15) is 11.8 Å². The Morgan fingerprint density at radius 2 is 2.00 bits per heavy atom. The molecule has 0 radical (unpaired) electrons. The second-order valence-electron chi connectivity index (χ2n) is 5.35. The van der Waals surface area contributed by atoms with Gasteiger partial charge in [-0.25, -0.2) is 4.98 Å². The number of aryl methyl sites for hydroxylation is 1. The second kappa shape index (κ2) is 7.42. The van der Waals surface area contributed by atoms with Gasteiger partial charge < -0.3 is 15.1 Å². The fraction of sp³-hybridized carbons (Fsp3) is 0.278. The molecule has 0 aliphatic carbocycles. The van der Waals surface area contributed by atoms with Crippen LogP contribution >= 0.6 is 11.8 Å². The van der Waals surface area contributed by atoms with E-state index in [4.69, 9.17) is 4.42 Å². The molecular formula is C18H21N3OS. The first kappa shape index (κ1) is 15.7. The molecule has 0 atom stereocenters. The van der Waals surface area contributed by atoms with Crippen LogP contribution < -0.4 is 10.6 Å². The van der Waals surface area contributed by atoms with E-state index in [1.807, 2.05) is 49.0 Å². The van der Waals surface area contributed by atoms with Gasteiger partial charge in [0.2, 0.25) is 0 Å². The molecule has 2 heterocycles. The van der Waals surface area contributed by atoms with Crippen LogP contribution in [-0.4, -0.2) is 23.5 Å². The smallest absolute Gasteiger partial charge is 0.127 e. The zero-order valence-electron chi connectivity index (χ0n) is 13.4. The van der Waals surface area contributed by atoms with Crippen molar-refractivity contribution in [2.45, 2.75) is 13.5 Å². The summed E-state index contributed by atoms with van der Waals surface area (Å²) in [5.74, 6) is 3.78. The third kappa shape index (κ3) is 3.99. The summed E-state index contributed by atoms with van der Waals surface area (Å²) in [5.41, 5.74) is 2.12. The second-order valence-corrected chi connectivity index (χ2v) is 6.34. The van der Waals surface area contributed by atoms with E-state index >= 15 is 0 Å². The van der Waals surface area contributed by atoms with Crippen molar-refractivity contribution in [2.75, 3.05) is 29.2 Å². The number of fused-ring (bicyclic) bond motifs is 1. The largest absolute Gasteiger partial charge is 0.465 e. The lowest BCUT2D eigenvalue weighted by Crippen LogP contribution is -2.05. The topological polar surface area (TPSA) is 50.1 Å². The van der Waals surface area contributed by atoms with Crippen LogP contribution in [-0.2, 0) is 6.54 Å². The summed E-state index contributed by atoms with van der Waals surface area (Å²) in [4.78, 5) is 4.69. The molecule has 1 aromatic carbocycles. The Bertz CT molecular complexity index is 785. The number of thioether (sulfide) groups is 1. The molecule has 5 heteroatoms. The van der Waals surface area contributed by atoms with Crippen LogP contribution in [0.3, 0.4) is 0 Å². The Labute approximate surface area is 140 Å². The quantitative estimate of drug-likeness (QED) is 0.625. The molecule has 0 amide bonds. The number of nitrogens with zero attached hydrogens (tertiary/aromatic N) is 1. The minimum absolute atomic E-state index is 0.637. The number of anilines is 2. The van der Waals surface area contributed by atoms with E-state index in [1.54, 1.807) is 0 Å². The molecule has 23 heavy (non-hydrogen) atoms. The molecular weight excluding hydrogens is 306 g/mol. The summed E-state index contributed by atoms with van der Waals surface area (Å²) in [6.45, 7) is 3.54. The number of furan rings is 1. The molecule has 0 bridgehead atoms. The maximum atomic E-state index is 5.56. The zero-order chi connectivity index (χ0) is 16.1. The summed E-state index contributed by atoms with van der Waals surface area (Å²) in [5, 5.41) is 7.93. The van der Waals surface area contributed by atoms with E-state index in [1.165, 1.54) is 0 Å². The molecule has 0 aliphatic rings. The Hall–Kier alpha value is -2.14. The first-order valence-electron chi connectivity index (χ1n) is 7.68. The number of nitrogens with one attached hydrogen (secondary N) is 2. The van der Waals surface area contributed by atoms with Gasteiger partial charge >= 0.3 is 0 Å². The predicted molar refractivity (Wildman–Crippen MR) is 99.4 cm³/mol. The summed E-state index contributed by atoms with van der Waals surface area (Å²) in [7, 11) is 0. The van der Waals surface area contributed by atoms with E-state index < -0.39 is 0 Å². The fourth-order valence-corrected chi connectivity index (χ4v) is 2.76. The van der Waals surface area contributed by atoms with Crippen molar-refractivity contribution >= 4 is 34.2 Å². The summed E-state index contributed by atoms with van der Waals surface area (Å²) in [6, 6.07) is 14.3. The zero-order valence-corrected chi connectivity index (χ0v) is 14.2. The number of hydrogen-bond donors (Lipinski definition) is 2. The van der Waals surface area contributed by atoms with Crippen LogP contribution in [0, 0.1) is 6.92 Å². The van der Waals surface area contributed by atoms with Crippen molar-refractivity contribution in [3.63, 3.8) is 0 Å². The van der Waals surface area contributed by atoms with Crippen molar-refractivity contribution in [3.05, 3.63) is 54.0 Å². The summed E-state index contributed by atoms with van der Waals surface area (Å²) >= 11 is 1.84. The number of hydrogen-bond acceptors (Lipinski definition) is 5. The van der Waals surface area contributed by atoms with Gasteiger partial charge in [-0.15, -0.1) is 0 Å². The molecule has 3 aromatic rings. The fourth-order valence-electron chi connectivity index (χ4n) is 2.45. The van der Waals surface area contributed by atoms with Gasteiger partial charge in [0, 0.05) is 23.4 Å². The van der Waals surface area contributed by atoms with E-state index in [0.29, 0.717) is 6.54 Å². The summed E-state index contributed by atoms with van der Waals surface area (Å²) in [6.07, 6.45) is 2.12. The van der Waals surface area contributed by atoms with Gasteiger partial charge in [-0.1, -0.05) is 6.07 Å². The molecule has 2 N–H and O–H groups in total. The van der Waals surface area contributed by atoms with Crippen LogP contribution in [0.25, 0.3) is 10.9 Å². The minimum atomic E-state index is 0.637. The average Bonchev–Trinajstić information content (AvgIpc) is 2.98. The number of benzene rings is 1. The highest BCUT2D eigenvalue weighted by atomic mass is 32.2. The minimum Gasteiger partial charge on any atom is -0.465 e. The van der Waals surface area contributed by atoms with Crippen LogP contribution in [0.15, 0.2) is 46.9 Å². The molecule has 120 valence electrons. The van der Waals surface area contributed by atoms with E-state index in [-0.39, 0.29) is 0 Å². The highest BCUT2D eigenvalue weighted by molar-refractivity contribution is 7.98. The molecule has 0 spiro atoms. The van der Waals surface area contributed by atoms with Gasteiger partial charge in [0.05, 0.1) is 12.1 Å². The van der Waals surface area contributed by atoms with Gasteiger partial charge in [-0.05, 0) is 49.6 Å². The Balaban J connectivity index is 1.73. The summed E-state index contributed by atoms with van der Waals surface area (Å²) < 4.78 is 5.56. The number of pyridine rings is 1. The monoisotopic (exact) mass is 327 g/mol. The molecule has 0 unspecified atom stereocenters.